The molecule has 0 bridgehead atoms. The van der Waals surface area contributed by atoms with Gasteiger partial charge in [-0.1, -0.05) is 58.0 Å². The topological polar surface area (TPSA) is 43.1 Å². The minimum Gasteiger partial charge on any atom is -0.258 e. The van der Waals surface area contributed by atoms with Gasteiger partial charge >= 0.3 is 0 Å². The fourth-order valence-electron chi connectivity index (χ4n) is 2.66. The Morgan fingerprint density at radius 1 is 0.905 bits per heavy atom. The molecular formula is C18H21NO2. The van der Waals surface area contributed by atoms with Gasteiger partial charge in [-0.2, -0.15) is 0 Å². The summed E-state index contributed by atoms with van der Waals surface area (Å²) in [6.45, 7) is 8.61. The molecule has 3 heteroatoms. The van der Waals surface area contributed by atoms with Crippen LogP contribution in [0.1, 0.15) is 50.7 Å². The zero-order chi connectivity index (χ0) is 15.6. The van der Waals surface area contributed by atoms with Crippen molar-refractivity contribution in [2.75, 3.05) is 0 Å². The molecule has 110 valence electrons. The van der Waals surface area contributed by atoms with Gasteiger partial charge in [0, 0.05) is 12.1 Å². The largest absolute Gasteiger partial charge is 0.270 e. The average Bonchev–Trinajstić information content (AvgIpc) is 2.46. The molecule has 2 aromatic carbocycles. The first-order valence-corrected chi connectivity index (χ1v) is 7.29. The summed E-state index contributed by atoms with van der Waals surface area (Å²) in [5, 5.41) is 11.0. The molecule has 0 spiro atoms. The summed E-state index contributed by atoms with van der Waals surface area (Å²) in [5.74, 6) is 0.746. The molecule has 0 amide bonds. The van der Waals surface area contributed by atoms with Crippen LogP contribution in [0.3, 0.4) is 0 Å². The third-order valence-corrected chi connectivity index (χ3v) is 3.72. The maximum atomic E-state index is 11.0. The highest BCUT2D eigenvalue weighted by molar-refractivity contribution is 5.74. The van der Waals surface area contributed by atoms with Gasteiger partial charge in [-0.25, -0.2) is 0 Å². The molecule has 2 aromatic rings. The summed E-state index contributed by atoms with van der Waals surface area (Å²) >= 11 is 0. The monoisotopic (exact) mass is 283 g/mol. The molecule has 0 aliphatic rings. The predicted molar refractivity (Wildman–Crippen MR) is 86.7 cm³/mol. The Hall–Kier alpha value is -2.16. The van der Waals surface area contributed by atoms with Crippen molar-refractivity contribution in [3.63, 3.8) is 0 Å². The van der Waals surface area contributed by atoms with Crippen LogP contribution < -0.4 is 0 Å². The number of rotatable bonds is 4. The molecule has 2 rings (SSSR count). The second-order valence-corrected chi connectivity index (χ2v) is 5.93. The average molecular weight is 283 g/mol. The fraction of sp³-hybridized carbons (Fsp3) is 0.333. The normalized spacial score (nSPS) is 11.1. The van der Waals surface area contributed by atoms with Crippen LogP contribution in [0.2, 0.25) is 0 Å². The lowest BCUT2D eigenvalue weighted by molar-refractivity contribution is -0.384. The Morgan fingerprint density at radius 3 is 1.90 bits per heavy atom. The van der Waals surface area contributed by atoms with Gasteiger partial charge in [0.25, 0.3) is 5.69 Å². The van der Waals surface area contributed by atoms with Gasteiger partial charge in [-0.15, -0.1) is 0 Å². The van der Waals surface area contributed by atoms with E-state index in [-0.39, 0.29) is 10.6 Å². The van der Waals surface area contributed by atoms with Crippen LogP contribution in [0, 0.1) is 10.1 Å². The van der Waals surface area contributed by atoms with Gasteiger partial charge in [-0.05, 0) is 34.1 Å². The second-order valence-electron chi connectivity index (χ2n) is 5.93. The zero-order valence-corrected chi connectivity index (χ0v) is 13.0. The fourth-order valence-corrected chi connectivity index (χ4v) is 2.66. The molecule has 0 radical (unpaired) electrons. The lowest BCUT2D eigenvalue weighted by atomic mass is 9.85. The van der Waals surface area contributed by atoms with E-state index >= 15 is 0 Å². The Morgan fingerprint density at radius 2 is 1.43 bits per heavy atom. The number of nitro groups is 1. The van der Waals surface area contributed by atoms with Crippen molar-refractivity contribution < 1.29 is 4.92 Å². The maximum absolute atomic E-state index is 11.0. The second kappa shape index (κ2) is 6.08. The number of hydrogen-bond acceptors (Lipinski definition) is 2. The van der Waals surface area contributed by atoms with Crippen LogP contribution in [0.4, 0.5) is 5.69 Å². The van der Waals surface area contributed by atoms with E-state index in [2.05, 4.69) is 45.9 Å². The van der Waals surface area contributed by atoms with Crippen LogP contribution in [0.25, 0.3) is 11.1 Å². The summed E-state index contributed by atoms with van der Waals surface area (Å²) < 4.78 is 0. The summed E-state index contributed by atoms with van der Waals surface area (Å²) in [4.78, 5) is 10.7. The Labute approximate surface area is 125 Å². The number of nitro benzene ring substituents is 1. The highest BCUT2D eigenvalue weighted by Gasteiger charge is 2.17. The van der Waals surface area contributed by atoms with Gasteiger partial charge in [0.15, 0.2) is 0 Å². The highest BCUT2D eigenvalue weighted by Crippen LogP contribution is 2.37. The molecule has 3 nitrogen and oxygen atoms in total. The Balaban J connectivity index is 2.71. The summed E-state index contributed by atoms with van der Waals surface area (Å²) in [6, 6.07) is 13.2. The molecule has 21 heavy (non-hydrogen) atoms. The first kappa shape index (κ1) is 15.2. The summed E-state index contributed by atoms with van der Waals surface area (Å²) in [5.41, 5.74) is 4.69. The van der Waals surface area contributed by atoms with Crippen molar-refractivity contribution in [3.05, 3.63) is 63.7 Å². The van der Waals surface area contributed by atoms with E-state index in [4.69, 9.17) is 0 Å². The first-order valence-electron chi connectivity index (χ1n) is 7.29. The third-order valence-electron chi connectivity index (χ3n) is 3.72. The molecule has 0 unspecified atom stereocenters. The number of benzene rings is 2. The van der Waals surface area contributed by atoms with E-state index in [0.29, 0.717) is 11.8 Å². The van der Waals surface area contributed by atoms with Crippen LogP contribution in [-0.2, 0) is 0 Å². The van der Waals surface area contributed by atoms with E-state index in [0.717, 1.165) is 11.1 Å². The summed E-state index contributed by atoms with van der Waals surface area (Å²) in [7, 11) is 0. The SMILES string of the molecule is CC(C)c1cccc(C(C)C)c1-c1cccc([N+](=O)[O-])c1. The van der Waals surface area contributed by atoms with Gasteiger partial charge in [0.1, 0.15) is 0 Å². The van der Waals surface area contributed by atoms with Crippen LogP contribution >= 0.6 is 0 Å². The molecule has 0 aliphatic carbocycles. The van der Waals surface area contributed by atoms with Gasteiger partial charge in [-0.3, -0.25) is 10.1 Å². The van der Waals surface area contributed by atoms with Crippen molar-refractivity contribution in [2.45, 2.75) is 39.5 Å². The zero-order valence-electron chi connectivity index (χ0n) is 13.0. The van der Waals surface area contributed by atoms with Crippen molar-refractivity contribution in [1.82, 2.24) is 0 Å². The van der Waals surface area contributed by atoms with Crippen molar-refractivity contribution in [3.8, 4) is 11.1 Å². The summed E-state index contributed by atoms with van der Waals surface area (Å²) in [6.07, 6.45) is 0. The molecule has 0 aromatic heterocycles. The predicted octanol–water partition coefficient (Wildman–Crippen LogP) is 5.51. The molecule has 0 saturated carbocycles. The van der Waals surface area contributed by atoms with Crippen molar-refractivity contribution >= 4 is 5.69 Å². The number of hydrogen-bond donors (Lipinski definition) is 0. The standard InChI is InChI=1S/C18H21NO2/c1-12(2)16-9-6-10-17(13(3)4)18(16)14-7-5-8-15(11-14)19(20)21/h5-13H,1-4H3. The molecule has 0 saturated heterocycles. The quantitative estimate of drug-likeness (QED) is 0.548. The van der Waals surface area contributed by atoms with Gasteiger partial charge in [0.2, 0.25) is 0 Å². The smallest absolute Gasteiger partial charge is 0.258 e. The molecule has 0 heterocycles. The number of non-ortho nitro benzene ring substituents is 1. The van der Waals surface area contributed by atoms with E-state index in [1.807, 2.05) is 6.07 Å². The van der Waals surface area contributed by atoms with E-state index in [1.54, 1.807) is 12.1 Å². The maximum Gasteiger partial charge on any atom is 0.270 e. The lowest BCUT2D eigenvalue weighted by Gasteiger charge is -2.19. The van der Waals surface area contributed by atoms with Crippen molar-refractivity contribution in [1.29, 1.82) is 0 Å². The van der Waals surface area contributed by atoms with Crippen LogP contribution in [0.5, 0.6) is 0 Å². The Kier molecular flexibility index (Phi) is 4.41. The van der Waals surface area contributed by atoms with Gasteiger partial charge in [0.05, 0.1) is 4.92 Å². The highest BCUT2D eigenvalue weighted by atomic mass is 16.6. The molecule has 0 atom stereocenters. The van der Waals surface area contributed by atoms with Gasteiger partial charge < -0.3 is 0 Å². The Bertz CT molecular complexity index is 634. The van der Waals surface area contributed by atoms with Crippen molar-refractivity contribution in [2.24, 2.45) is 0 Å². The van der Waals surface area contributed by atoms with Crippen LogP contribution in [0.15, 0.2) is 42.5 Å². The minimum atomic E-state index is -0.337. The van der Waals surface area contributed by atoms with E-state index in [9.17, 15) is 10.1 Å². The third kappa shape index (κ3) is 3.13. The molecular weight excluding hydrogens is 262 g/mol. The van der Waals surface area contributed by atoms with Crippen LogP contribution in [-0.4, -0.2) is 4.92 Å². The minimum absolute atomic E-state index is 0.140. The number of nitrogens with zero attached hydrogens (tertiary/aromatic N) is 1. The molecule has 0 fully saturated rings. The van der Waals surface area contributed by atoms with E-state index in [1.165, 1.54) is 17.2 Å². The van der Waals surface area contributed by atoms with E-state index < -0.39 is 0 Å². The first-order chi connectivity index (χ1) is 9.91. The molecule has 0 aliphatic heterocycles. The lowest BCUT2D eigenvalue weighted by Crippen LogP contribution is -2.00. The molecule has 0 N–H and O–H groups in total.